The molecular weight excluding hydrogens is 517 g/mol. The highest BCUT2D eigenvalue weighted by molar-refractivity contribution is 6.36. The van der Waals surface area contributed by atoms with Gasteiger partial charge in [-0.25, -0.2) is 9.37 Å². The number of benzene rings is 2. The minimum absolute atomic E-state index is 0.0108. The summed E-state index contributed by atoms with van der Waals surface area (Å²) < 4.78 is 22.3. The zero-order valence-electron chi connectivity index (χ0n) is 22.3. The molecule has 0 saturated carbocycles. The van der Waals surface area contributed by atoms with Crippen LogP contribution in [-0.2, 0) is 26.3 Å². The van der Waals surface area contributed by atoms with Crippen LogP contribution >= 0.6 is 11.6 Å². The van der Waals surface area contributed by atoms with Gasteiger partial charge in [0.05, 0.1) is 17.8 Å². The SMILES string of the molecule is CCc1ccc(C(=O)Nc2ccc(F)c(-c3cccc(-c4cc5c(c(OC)n4)CCC5)c3Cl)c2C)c(=O)n1C. The number of aryl methyl sites for hydroxylation is 2. The molecule has 1 N–H and O–H groups in total. The molecule has 0 radical (unpaired) electrons. The summed E-state index contributed by atoms with van der Waals surface area (Å²) in [6.07, 6.45) is 3.58. The van der Waals surface area contributed by atoms with Gasteiger partial charge in [0.2, 0.25) is 5.88 Å². The third-order valence-electron chi connectivity index (χ3n) is 7.47. The minimum Gasteiger partial charge on any atom is -0.481 e. The number of rotatable bonds is 6. The number of pyridine rings is 2. The molecule has 0 atom stereocenters. The Morgan fingerprint density at radius 1 is 1.15 bits per heavy atom. The molecule has 200 valence electrons. The van der Waals surface area contributed by atoms with Crippen LogP contribution in [0, 0.1) is 12.7 Å². The molecule has 6 nitrogen and oxygen atoms in total. The topological polar surface area (TPSA) is 73.2 Å². The lowest BCUT2D eigenvalue weighted by atomic mass is 9.95. The smallest absolute Gasteiger partial charge is 0.263 e. The summed E-state index contributed by atoms with van der Waals surface area (Å²) in [4.78, 5) is 30.5. The van der Waals surface area contributed by atoms with Crippen LogP contribution in [0.15, 0.2) is 53.3 Å². The van der Waals surface area contributed by atoms with Crippen LogP contribution in [0.3, 0.4) is 0 Å². The predicted molar refractivity (Wildman–Crippen MR) is 152 cm³/mol. The molecule has 0 spiro atoms. The maximum absolute atomic E-state index is 15.3. The van der Waals surface area contributed by atoms with Gasteiger partial charge >= 0.3 is 0 Å². The second-order valence-electron chi connectivity index (χ2n) is 9.68. The number of fused-ring (bicyclic) bond motifs is 1. The molecule has 2 heterocycles. The number of carbonyl (C=O) groups excluding carboxylic acids is 1. The van der Waals surface area contributed by atoms with Crippen LogP contribution in [0.5, 0.6) is 5.88 Å². The Kier molecular flexibility index (Phi) is 7.28. The highest BCUT2D eigenvalue weighted by atomic mass is 35.5. The summed E-state index contributed by atoms with van der Waals surface area (Å²) in [7, 11) is 3.24. The lowest BCUT2D eigenvalue weighted by molar-refractivity contribution is 0.102. The average molecular weight is 546 g/mol. The van der Waals surface area contributed by atoms with Crippen molar-refractivity contribution in [2.75, 3.05) is 12.4 Å². The maximum atomic E-state index is 15.3. The molecule has 5 rings (SSSR count). The predicted octanol–water partition coefficient (Wildman–Crippen LogP) is 6.53. The first-order valence-electron chi connectivity index (χ1n) is 12.9. The average Bonchev–Trinajstić information content (AvgIpc) is 3.41. The van der Waals surface area contributed by atoms with Gasteiger partial charge in [0.1, 0.15) is 11.4 Å². The molecule has 1 amide bonds. The third kappa shape index (κ3) is 4.72. The van der Waals surface area contributed by atoms with E-state index in [0.717, 1.165) is 30.5 Å². The number of methoxy groups -OCH3 is 1. The maximum Gasteiger partial charge on any atom is 0.263 e. The van der Waals surface area contributed by atoms with Crippen LogP contribution in [0.1, 0.15) is 46.1 Å². The van der Waals surface area contributed by atoms with Gasteiger partial charge < -0.3 is 14.6 Å². The molecule has 0 unspecified atom stereocenters. The Morgan fingerprint density at radius 2 is 1.92 bits per heavy atom. The quantitative estimate of drug-likeness (QED) is 0.299. The largest absolute Gasteiger partial charge is 0.481 e. The lowest BCUT2D eigenvalue weighted by Gasteiger charge is -2.17. The molecule has 2 aromatic heterocycles. The summed E-state index contributed by atoms with van der Waals surface area (Å²) in [6, 6.07) is 13.5. The van der Waals surface area contributed by atoms with Gasteiger partial charge in [-0.15, -0.1) is 0 Å². The first kappa shape index (κ1) is 26.6. The molecule has 2 aromatic carbocycles. The third-order valence-corrected chi connectivity index (χ3v) is 7.87. The number of aromatic nitrogens is 2. The van der Waals surface area contributed by atoms with Crippen molar-refractivity contribution in [3.63, 3.8) is 0 Å². The van der Waals surface area contributed by atoms with Gasteiger partial charge in [0.25, 0.3) is 11.5 Å². The van der Waals surface area contributed by atoms with E-state index < -0.39 is 11.7 Å². The number of halogens is 2. The van der Waals surface area contributed by atoms with Crippen molar-refractivity contribution < 1.29 is 13.9 Å². The van der Waals surface area contributed by atoms with Crippen LogP contribution in [0.2, 0.25) is 5.02 Å². The zero-order valence-corrected chi connectivity index (χ0v) is 23.1. The van der Waals surface area contributed by atoms with Crippen LogP contribution in [0.4, 0.5) is 10.1 Å². The van der Waals surface area contributed by atoms with E-state index in [4.69, 9.17) is 21.3 Å². The molecule has 39 heavy (non-hydrogen) atoms. The highest BCUT2D eigenvalue weighted by Crippen LogP contribution is 2.41. The zero-order chi connectivity index (χ0) is 27.8. The molecule has 0 saturated heterocycles. The van der Waals surface area contributed by atoms with Gasteiger partial charge in [0.15, 0.2) is 0 Å². The van der Waals surface area contributed by atoms with E-state index in [1.165, 1.54) is 28.3 Å². The van der Waals surface area contributed by atoms with Gasteiger partial charge in [-0.05, 0) is 74.1 Å². The first-order chi connectivity index (χ1) is 18.7. The Balaban J connectivity index is 1.55. The molecule has 1 aliphatic carbocycles. The number of amides is 1. The molecule has 0 bridgehead atoms. The highest BCUT2D eigenvalue weighted by Gasteiger charge is 2.23. The van der Waals surface area contributed by atoms with Gasteiger partial charge in [0, 0.05) is 40.7 Å². The molecule has 4 aromatic rings. The van der Waals surface area contributed by atoms with Crippen molar-refractivity contribution in [3.8, 4) is 28.3 Å². The lowest BCUT2D eigenvalue weighted by Crippen LogP contribution is -2.29. The standard InChI is InChI=1S/C31H29ClFN3O3/c1-5-19-12-13-23(31(38)36(19)3)29(37)34-25-15-14-24(33)27(17(25)2)22-11-7-10-21(28(22)32)26-16-18-8-6-9-20(18)30(35-26)39-4/h7,10-16H,5-6,8-9H2,1-4H3,(H,34,37). The number of hydrogen-bond acceptors (Lipinski definition) is 4. The molecule has 1 aliphatic rings. The number of nitrogens with one attached hydrogen (secondary N) is 1. The van der Waals surface area contributed by atoms with Gasteiger partial charge in [-0.2, -0.15) is 0 Å². The van der Waals surface area contributed by atoms with Crippen molar-refractivity contribution in [2.24, 2.45) is 7.05 Å². The Bertz CT molecular complexity index is 1680. The van der Waals surface area contributed by atoms with Crippen molar-refractivity contribution in [3.05, 3.63) is 97.7 Å². The summed E-state index contributed by atoms with van der Waals surface area (Å²) in [5, 5.41) is 3.13. The van der Waals surface area contributed by atoms with E-state index in [2.05, 4.69) is 5.32 Å². The van der Waals surface area contributed by atoms with Crippen LogP contribution in [-0.4, -0.2) is 22.6 Å². The van der Waals surface area contributed by atoms with E-state index in [-0.39, 0.29) is 16.7 Å². The Labute approximate surface area is 231 Å². The molecule has 8 heteroatoms. The van der Waals surface area contributed by atoms with Crippen LogP contribution < -0.4 is 15.6 Å². The Hall–Kier alpha value is -3.97. The van der Waals surface area contributed by atoms with Crippen molar-refractivity contribution in [2.45, 2.75) is 39.5 Å². The Morgan fingerprint density at radius 3 is 2.67 bits per heavy atom. The number of carbonyl (C=O) groups is 1. The fourth-order valence-corrected chi connectivity index (χ4v) is 5.63. The van der Waals surface area contributed by atoms with E-state index in [1.807, 2.05) is 19.1 Å². The van der Waals surface area contributed by atoms with E-state index in [0.29, 0.717) is 45.4 Å². The molecular formula is C31H29ClFN3O3. The molecule has 0 aliphatic heterocycles. The summed E-state index contributed by atoms with van der Waals surface area (Å²) >= 11 is 6.91. The van der Waals surface area contributed by atoms with Crippen molar-refractivity contribution in [1.82, 2.24) is 9.55 Å². The second kappa shape index (κ2) is 10.7. The van der Waals surface area contributed by atoms with Crippen LogP contribution in [0.25, 0.3) is 22.4 Å². The van der Waals surface area contributed by atoms with E-state index in [1.54, 1.807) is 39.3 Å². The fourth-order valence-electron chi connectivity index (χ4n) is 5.31. The van der Waals surface area contributed by atoms with Crippen molar-refractivity contribution >= 4 is 23.2 Å². The summed E-state index contributed by atoms with van der Waals surface area (Å²) in [5.74, 6) is -0.452. The van der Waals surface area contributed by atoms with E-state index >= 15 is 4.39 Å². The summed E-state index contributed by atoms with van der Waals surface area (Å²) in [6.45, 7) is 3.65. The van der Waals surface area contributed by atoms with E-state index in [9.17, 15) is 9.59 Å². The fraction of sp³-hybridized carbons (Fsp3) is 0.258. The first-order valence-corrected chi connectivity index (χ1v) is 13.3. The number of anilines is 1. The van der Waals surface area contributed by atoms with Gasteiger partial charge in [-0.3, -0.25) is 9.59 Å². The molecule has 0 fully saturated rings. The van der Waals surface area contributed by atoms with Gasteiger partial charge in [-0.1, -0.05) is 36.7 Å². The number of ether oxygens (including phenoxy) is 1. The number of nitrogens with zero attached hydrogens (tertiary/aromatic N) is 2. The second-order valence-corrected chi connectivity index (χ2v) is 10.1. The number of hydrogen-bond donors (Lipinski definition) is 1. The minimum atomic E-state index is -0.562. The monoisotopic (exact) mass is 545 g/mol. The summed E-state index contributed by atoms with van der Waals surface area (Å²) in [5.41, 5.74) is 5.69. The van der Waals surface area contributed by atoms with Crippen molar-refractivity contribution in [1.29, 1.82) is 0 Å². The normalized spacial score (nSPS) is 12.4.